The van der Waals surface area contributed by atoms with Crippen molar-refractivity contribution in [3.05, 3.63) is 52.0 Å². The number of aromatic nitrogens is 4. The van der Waals surface area contributed by atoms with E-state index in [1.54, 1.807) is 43.3 Å². The first-order valence-electron chi connectivity index (χ1n) is 10.6. The smallest absolute Gasteiger partial charge is 0.259 e. The van der Waals surface area contributed by atoms with Crippen LogP contribution in [0.1, 0.15) is 29.9 Å². The van der Waals surface area contributed by atoms with Crippen LogP contribution in [0.25, 0.3) is 0 Å². The Labute approximate surface area is 197 Å². The van der Waals surface area contributed by atoms with Gasteiger partial charge >= 0.3 is 0 Å². The van der Waals surface area contributed by atoms with Gasteiger partial charge in [0, 0.05) is 27.2 Å². The maximum absolute atomic E-state index is 11.9. The fraction of sp³-hybridized carbons (Fsp3) is 0.455. The molecule has 0 aliphatic heterocycles. The van der Waals surface area contributed by atoms with Crippen molar-refractivity contribution >= 4 is 17.2 Å². The van der Waals surface area contributed by atoms with Gasteiger partial charge in [0.2, 0.25) is 0 Å². The number of carbonyl (C=O) groups excluding carboxylic acids is 1. The minimum Gasteiger partial charge on any atom is -0.493 e. The van der Waals surface area contributed by atoms with E-state index in [0.29, 0.717) is 43.6 Å². The highest BCUT2D eigenvalue weighted by Gasteiger charge is 2.23. The molecule has 2 aromatic heterocycles. The number of nitrogens with zero attached hydrogens (tertiary/aromatic N) is 5. The second-order valence-corrected chi connectivity index (χ2v) is 8.17. The normalized spacial score (nSPS) is 11.9. The van der Waals surface area contributed by atoms with Crippen LogP contribution in [0.3, 0.4) is 0 Å². The van der Waals surface area contributed by atoms with Gasteiger partial charge in [-0.3, -0.25) is 10.1 Å². The summed E-state index contributed by atoms with van der Waals surface area (Å²) in [6.07, 6.45) is 0. The number of nitrogens with one attached hydrogen (secondary N) is 1. The molecule has 1 amide bonds. The third-order valence-electron chi connectivity index (χ3n) is 4.93. The molecule has 3 aromatic rings. The quantitative estimate of drug-likeness (QED) is 0.376. The molecular weight excluding hydrogens is 444 g/mol. The predicted molar refractivity (Wildman–Crippen MR) is 124 cm³/mol. The number of rotatable bonds is 13. The number of hydrogen-bond donors (Lipinski definition) is 1. The van der Waals surface area contributed by atoms with Crippen molar-refractivity contribution in [2.45, 2.75) is 26.1 Å². The molecule has 10 nitrogen and oxygen atoms in total. The molecular formula is C22H30N6O4S. The zero-order chi connectivity index (χ0) is 23.6. The highest BCUT2D eigenvalue weighted by atomic mass is 32.1. The Bertz CT molecular complexity index is 1010. The number of benzene rings is 1. The summed E-state index contributed by atoms with van der Waals surface area (Å²) < 4.78 is 18.5. The number of thiophene rings is 1. The van der Waals surface area contributed by atoms with Crippen LogP contribution >= 0.6 is 11.3 Å². The molecule has 33 heavy (non-hydrogen) atoms. The third kappa shape index (κ3) is 6.73. The molecule has 0 bridgehead atoms. The highest BCUT2D eigenvalue weighted by molar-refractivity contribution is 7.07. The molecule has 0 fully saturated rings. The number of hydrogen-bond acceptors (Lipinski definition) is 9. The number of ether oxygens (including phenoxy) is 3. The Morgan fingerprint density at radius 3 is 2.82 bits per heavy atom. The number of amides is 1. The van der Waals surface area contributed by atoms with E-state index in [0.717, 1.165) is 5.56 Å². The van der Waals surface area contributed by atoms with Crippen molar-refractivity contribution < 1.29 is 19.0 Å². The Morgan fingerprint density at radius 2 is 2.12 bits per heavy atom. The summed E-state index contributed by atoms with van der Waals surface area (Å²) in [7, 11) is 4.94. The summed E-state index contributed by atoms with van der Waals surface area (Å²) in [6, 6.07) is 7.37. The average molecular weight is 475 g/mol. The van der Waals surface area contributed by atoms with Gasteiger partial charge in [0.25, 0.3) is 5.91 Å². The van der Waals surface area contributed by atoms with Crippen LogP contribution in [0.15, 0.2) is 35.0 Å². The molecule has 0 aliphatic rings. The fourth-order valence-electron chi connectivity index (χ4n) is 3.10. The lowest BCUT2D eigenvalue weighted by atomic mass is 10.0. The molecule has 0 radical (unpaired) electrons. The number of carbonyl (C=O) groups is 1. The Kier molecular flexibility index (Phi) is 9.16. The number of likely N-dealkylation sites (N-methyl/N-ethyl adjacent to an activating group) is 1. The van der Waals surface area contributed by atoms with Crippen molar-refractivity contribution in [3.63, 3.8) is 0 Å². The fourth-order valence-corrected chi connectivity index (χ4v) is 3.76. The van der Waals surface area contributed by atoms with E-state index in [1.165, 1.54) is 10.5 Å². The molecule has 11 heteroatoms. The lowest BCUT2D eigenvalue weighted by Gasteiger charge is -2.20. The third-order valence-corrected chi connectivity index (χ3v) is 5.66. The maximum Gasteiger partial charge on any atom is 0.259 e. The van der Waals surface area contributed by atoms with Crippen LogP contribution in [0.2, 0.25) is 0 Å². The number of methoxy groups -OCH3 is 1. The van der Waals surface area contributed by atoms with Crippen molar-refractivity contribution in [2.24, 2.45) is 0 Å². The van der Waals surface area contributed by atoms with E-state index < -0.39 is 0 Å². The van der Waals surface area contributed by atoms with E-state index in [4.69, 9.17) is 14.2 Å². The van der Waals surface area contributed by atoms with E-state index in [1.807, 2.05) is 24.4 Å². The van der Waals surface area contributed by atoms with Crippen LogP contribution in [0.5, 0.6) is 11.5 Å². The van der Waals surface area contributed by atoms with Gasteiger partial charge in [-0.1, -0.05) is 6.07 Å². The first kappa shape index (κ1) is 24.6. The van der Waals surface area contributed by atoms with Gasteiger partial charge in [0.1, 0.15) is 0 Å². The molecule has 0 aliphatic carbocycles. The molecule has 1 N–H and O–H groups in total. The summed E-state index contributed by atoms with van der Waals surface area (Å²) in [4.78, 5) is 13.4. The second-order valence-electron chi connectivity index (χ2n) is 7.39. The summed E-state index contributed by atoms with van der Waals surface area (Å²) in [6.45, 7) is 4.21. The van der Waals surface area contributed by atoms with Crippen LogP contribution < -0.4 is 14.8 Å². The van der Waals surface area contributed by atoms with Crippen molar-refractivity contribution in [3.8, 4) is 11.5 Å². The molecule has 0 saturated heterocycles. The zero-order valence-electron chi connectivity index (χ0n) is 19.4. The molecule has 178 valence electrons. The minimum atomic E-state index is -0.298. The van der Waals surface area contributed by atoms with Crippen LogP contribution in [0.4, 0.5) is 0 Å². The first-order chi connectivity index (χ1) is 16.0. The zero-order valence-corrected chi connectivity index (χ0v) is 20.2. The van der Waals surface area contributed by atoms with Crippen molar-refractivity contribution in [1.29, 1.82) is 0 Å². The average Bonchev–Trinajstić information content (AvgIpc) is 3.50. The predicted octanol–water partition coefficient (Wildman–Crippen LogP) is 2.13. The Balaban J connectivity index is 1.86. The van der Waals surface area contributed by atoms with Gasteiger partial charge < -0.3 is 19.1 Å². The van der Waals surface area contributed by atoms with Crippen LogP contribution in [-0.2, 0) is 22.6 Å². The highest BCUT2D eigenvalue weighted by Crippen LogP contribution is 2.32. The van der Waals surface area contributed by atoms with Crippen molar-refractivity contribution in [2.75, 3.05) is 41.0 Å². The lowest BCUT2D eigenvalue weighted by molar-refractivity contribution is -0.130. The van der Waals surface area contributed by atoms with Gasteiger partial charge in [-0.2, -0.15) is 11.3 Å². The SMILES string of the molecule is CCOCCn1nnnc1C(NCc1ccsc1)c1ccc(OCC(=O)N(C)C)c(OC)c1. The van der Waals surface area contributed by atoms with Gasteiger partial charge in [0.05, 0.1) is 26.3 Å². The minimum absolute atomic E-state index is 0.0712. The Hall–Kier alpha value is -3.02. The summed E-state index contributed by atoms with van der Waals surface area (Å²) in [5.41, 5.74) is 2.08. The number of tetrazole rings is 1. The Morgan fingerprint density at radius 1 is 1.27 bits per heavy atom. The van der Waals surface area contributed by atoms with Gasteiger partial charge in [-0.05, 0) is 57.4 Å². The molecule has 0 spiro atoms. The van der Waals surface area contributed by atoms with Crippen LogP contribution in [-0.4, -0.2) is 72.0 Å². The maximum atomic E-state index is 11.9. The standard InChI is InChI=1S/C22H30N6O4S/c1-5-31-10-9-28-22(24-25-26-28)21(23-13-16-8-11-33-15-16)17-6-7-18(19(12-17)30-4)32-14-20(29)27(2)3/h6-8,11-12,15,21,23H,5,9-10,13-14H2,1-4H3. The van der Waals surface area contributed by atoms with E-state index in [2.05, 4.69) is 32.3 Å². The second kappa shape index (κ2) is 12.3. The molecule has 1 unspecified atom stereocenters. The van der Waals surface area contributed by atoms with Gasteiger partial charge in [-0.15, -0.1) is 5.10 Å². The molecule has 3 rings (SSSR count). The summed E-state index contributed by atoms with van der Waals surface area (Å²) in [5.74, 6) is 1.55. The van der Waals surface area contributed by atoms with E-state index in [-0.39, 0.29) is 18.6 Å². The monoisotopic (exact) mass is 474 g/mol. The van der Waals surface area contributed by atoms with E-state index in [9.17, 15) is 4.79 Å². The topological polar surface area (TPSA) is 104 Å². The molecule has 1 aromatic carbocycles. The first-order valence-corrected chi connectivity index (χ1v) is 11.6. The van der Waals surface area contributed by atoms with Crippen LogP contribution in [0, 0.1) is 0 Å². The molecule has 0 saturated carbocycles. The van der Waals surface area contributed by atoms with E-state index >= 15 is 0 Å². The molecule has 2 heterocycles. The summed E-state index contributed by atoms with van der Waals surface area (Å²) in [5, 5.41) is 20.0. The summed E-state index contributed by atoms with van der Waals surface area (Å²) >= 11 is 1.65. The molecule has 1 atom stereocenters. The van der Waals surface area contributed by atoms with Gasteiger partial charge in [0.15, 0.2) is 23.9 Å². The lowest BCUT2D eigenvalue weighted by Crippen LogP contribution is -2.28. The van der Waals surface area contributed by atoms with Gasteiger partial charge in [-0.25, -0.2) is 4.68 Å². The largest absolute Gasteiger partial charge is 0.493 e. The van der Waals surface area contributed by atoms with Crippen molar-refractivity contribution in [1.82, 2.24) is 30.4 Å².